The van der Waals surface area contributed by atoms with Gasteiger partial charge < -0.3 is 15.4 Å². The molecule has 0 bridgehead atoms. The first-order valence-electron chi connectivity index (χ1n) is 10.5. The molecule has 0 spiro atoms. The van der Waals surface area contributed by atoms with Crippen LogP contribution in [0.5, 0.6) is 5.75 Å². The molecule has 0 atom stereocenters. The number of aromatic nitrogens is 3. The van der Waals surface area contributed by atoms with E-state index in [1.54, 1.807) is 31.4 Å². The minimum atomic E-state index is -0.198. The van der Waals surface area contributed by atoms with Crippen LogP contribution in [0.15, 0.2) is 84.0 Å². The largest absolute Gasteiger partial charge is 0.495 e. The molecule has 3 aromatic carbocycles. The minimum absolute atomic E-state index is 0.141. The lowest BCUT2D eigenvalue weighted by molar-refractivity contribution is -0.113. The van der Waals surface area contributed by atoms with Gasteiger partial charge in [0.25, 0.3) is 0 Å². The molecule has 8 nitrogen and oxygen atoms in total. The van der Waals surface area contributed by atoms with Gasteiger partial charge in [-0.15, -0.1) is 10.2 Å². The third-order valence-corrected chi connectivity index (χ3v) is 5.80. The van der Waals surface area contributed by atoms with Crippen LogP contribution >= 0.6 is 11.8 Å². The number of anilines is 2. The molecule has 9 heteroatoms. The summed E-state index contributed by atoms with van der Waals surface area (Å²) in [5.41, 5.74) is 2.81. The molecule has 1 amide bonds. The lowest BCUT2D eigenvalue weighted by Gasteiger charge is -2.13. The molecule has 0 fully saturated rings. The van der Waals surface area contributed by atoms with Crippen LogP contribution in [-0.4, -0.2) is 33.5 Å². The molecule has 4 rings (SSSR count). The summed E-state index contributed by atoms with van der Waals surface area (Å²) < 4.78 is 7.34. The molecule has 170 valence electrons. The quantitative estimate of drug-likeness (QED) is 0.347. The Labute approximate surface area is 201 Å². The van der Waals surface area contributed by atoms with Gasteiger partial charge in [-0.25, -0.2) is 0 Å². The summed E-state index contributed by atoms with van der Waals surface area (Å²) >= 11 is 1.29. The summed E-state index contributed by atoms with van der Waals surface area (Å²) in [7, 11) is 1.63. The summed E-state index contributed by atoms with van der Waals surface area (Å²) in [5.74, 6) is 1.37. The van der Waals surface area contributed by atoms with Gasteiger partial charge in [-0.1, -0.05) is 48.2 Å². The van der Waals surface area contributed by atoms with Gasteiger partial charge in [-0.05, 0) is 42.5 Å². The van der Waals surface area contributed by atoms with E-state index >= 15 is 0 Å². The van der Waals surface area contributed by atoms with E-state index in [9.17, 15) is 4.79 Å². The van der Waals surface area contributed by atoms with Crippen LogP contribution in [-0.2, 0) is 11.3 Å². The van der Waals surface area contributed by atoms with E-state index in [2.05, 4.69) is 26.9 Å². The topological polar surface area (TPSA) is 105 Å². The maximum Gasteiger partial charge on any atom is 0.234 e. The number of carbonyl (C=O) groups is 1. The van der Waals surface area contributed by atoms with Crippen LogP contribution < -0.4 is 15.4 Å². The monoisotopic (exact) mass is 470 g/mol. The van der Waals surface area contributed by atoms with Crippen molar-refractivity contribution in [2.45, 2.75) is 11.7 Å². The van der Waals surface area contributed by atoms with Crippen LogP contribution in [0.3, 0.4) is 0 Å². The maximum absolute atomic E-state index is 12.5. The molecule has 0 unspecified atom stereocenters. The van der Waals surface area contributed by atoms with Gasteiger partial charge in [-0.3, -0.25) is 9.36 Å². The van der Waals surface area contributed by atoms with Crippen molar-refractivity contribution in [2.24, 2.45) is 0 Å². The van der Waals surface area contributed by atoms with E-state index in [1.165, 1.54) is 11.8 Å². The predicted molar refractivity (Wildman–Crippen MR) is 132 cm³/mol. The number of ether oxygens (including phenoxy) is 1. The highest BCUT2D eigenvalue weighted by atomic mass is 32.2. The van der Waals surface area contributed by atoms with Crippen LogP contribution in [0, 0.1) is 11.3 Å². The van der Waals surface area contributed by atoms with Crippen molar-refractivity contribution in [3.8, 4) is 17.5 Å². The van der Waals surface area contributed by atoms with Gasteiger partial charge in [0.2, 0.25) is 5.91 Å². The molecule has 0 aliphatic rings. The number of para-hydroxylation sites is 3. The smallest absolute Gasteiger partial charge is 0.234 e. The zero-order valence-corrected chi connectivity index (χ0v) is 19.2. The van der Waals surface area contributed by atoms with Crippen LogP contribution in [0.25, 0.3) is 5.69 Å². The average molecular weight is 471 g/mol. The molecular formula is C25H22N6O2S. The van der Waals surface area contributed by atoms with E-state index in [1.807, 2.05) is 59.2 Å². The van der Waals surface area contributed by atoms with Crippen molar-refractivity contribution in [1.82, 2.24) is 14.8 Å². The Morgan fingerprint density at radius 3 is 2.65 bits per heavy atom. The molecule has 0 aliphatic heterocycles. The first-order chi connectivity index (χ1) is 16.7. The first-order valence-corrected chi connectivity index (χ1v) is 11.5. The fourth-order valence-electron chi connectivity index (χ4n) is 3.30. The highest BCUT2D eigenvalue weighted by molar-refractivity contribution is 7.99. The summed E-state index contributed by atoms with van der Waals surface area (Å²) in [4.78, 5) is 12.5. The van der Waals surface area contributed by atoms with Crippen molar-refractivity contribution >= 4 is 29.0 Å². The fourth-order valence-corrected chi connectivity index (χ4v) is 4.07. The number of hydrogen-bond donors (Lipinski definition) is 2. The Morgan fingerprint density at radius 1 is 1.06 bits per heavy atom. The number of nitriles is 1. The van der Waals surface area contributed by atoms with Gasteiger partial charge in [0.05, 0.1) is 36.7 Å². The SMILES string of the molecule is COc1ccccc1NCc1nnc(SCC(=O)Nc2cccc(C#N)c2)n1-c1ccccc1. The van der Waals surface area contributed by atoms with E-state index < -0.39 is 0 Å². The molecule has 0 saturated carbocycles. The number of nitrogens with zero attached hydrogens (tertiary/aromatic N) is 4. The van der Waals surface area contributed by atoms with Gasteiger partial charge in [0, 0.05) is 11.4 Å². The normalized spacial score (nSPS) is 10.4. The number of benzene rings is 3. The molecule has 0 saturated heterocycles. The van der Waals surface area contributed by atoms with Crippen LogP contribution in [0.4, 0.5) is 11.4 Å². The van der Waals surface area contributed by atoms with Gasteiger partial charge >= 0.3 is 0 Å². The highest BCUT2D eigenvalue weighted by Crippen LogP contribution is 2.26. The van der Waals surface area contributed by atoms with E-state index in [0.717, 1.165) is 17.1 Å². The molecule has 0 radical (unpaired) electrons. The van der Waals surface area contributed by atoms with Crippen molar-refractivity contribution in [2.75, 3.05) is 23.5 Å². The van der Waals surface area contributed by atoms with E-state index in [4.69, 9.17) is 10.00 Å². The number of nitrogens with one attached hydrogen (secondary N) is 2. The molecule has 1 aromatic heterocycles. The van der Waals surface area contributed by atoms with Crippen LogP contribution in [0.1, 0.15) is 11.4 Å². The highest BCUT2D eigenvalue weighted by Gasteiger charge is 2.16. The summed E-state index contributed by atoms with van der Waals surface area (Å²) in [6, 6.07) is 26.3. The number of thioether (sulfide) groups is 1. The third kappa shape index (κ3) is 5.54. The van der Waals surface area contributed by atoms with Crippen molar-refractivity contribution in [1.29, 1.82) is 5.26 Å². The molecule has 2 N–H and O–H groups in total. The Balaban J connectivity index is 1.50. The number of carbonyl (C=O) groups excluding carboxylic acids is 1. The lowest BCUT2D eigenvalue weighted by atomic mass is 10.2. The lowest BCUT2D eigenvalue weighted by Crippen LogP contribution is -2.15. The average Bonchev–Trinajstić information content (AvgIpc) is 3.29. The second-order valence-corrected chi connectivity index (χ2v) is 8.10. The standard InChI is InChI=1S/C25H22N6O2S/c1-33-22-13-6-5-12-21(22)27-16-23-29-30-25(31(23)20-10-3-2-4-11-20)34-17-24(32)28-19-9-7-8-18(14-19)15-26/h2-14,27H,16-17H2,1H3,(H,28,32). The summed E-state index contributed by atoms with van der Waals surface area (Å²) in [5, 5.41) is 24.5. The summed E-state index contributed by atoms with van der Waals surface area (Å²) in [6.45, 7) is 0.413. The van der Waals surface area contributed by atoms with Crippen molar-refractivity contribution in [3.63, 3.8) is 0 Å². The Morgan fingerprint density at radius 2 is 1.85 bits per heavy atom. The minimum Gasteiger partial charge on any atom is -0.495 e. The Hall–Kier alpha value is -4.29. The van der Waals surface area contributed by atoms with Crippen molar-refractivity contribution < 1.29 is 9.53 Å². The summed E-state index contributed by atoms with van der Waals surface area (Å²) in [6.07, 6.45) is 0. The van der Waals surface area contributed by atoms with Gasteiger partial charge in [0.15, 0.2) is 11.0 Å². The second-order valence-electron chi connectivity index (χ2n) is 7.15. The maximum atomic E-state index is 12.5. The molecular weight excluding hydrogens is 448 g/mol. The Kier molecular flexibility index (Phi) is 7.42. The number of methoxy groups -OCH3 is 1. The van der Waals surface area contributed by atoms with E-state index in [-0.39, 0.29) is 11.7 Å². The zero-order valence-electron chi connectivity index (χ0n) is 18.4. The molecule has 34 heavy (non-hydrogen) atoms. The van der Waals surface area contributed by atoms with Crippen LogP contribution in [0.2, 0.25) is 0 Å². The molecule has 4 aromatic rings. The molecule has 1 heterocycles. The zero-order chi connectivity index (χ0) is 23.8. The molecule has 0 aliphatic carbocycles. The Bertz CT molecular complexity index is 1320. The number of amides is 1. The van der Waals surface area contributed by atoms with Gasteiger partial charge in [0.1, 0.15) is 5.75 Å². The third-order valence-electron chi connectivity index (χ3n) is 4.87. The number of rotatable bonds is 9. The fraction of sp³-hybridized carbons (Fsp3) is 0.120. The predicted octanol–water partition coefficient (Wildman–Crippen LogP) is 4.49. The number of hydrogen-bond acceptors (Lipinski definition) is 7. The van der Waals surface area contributed by atoms with Gasteiger partial charge in [-0.2, -0.15) is 5.26 Å². The second kappa shape index (κ2) is 11.0. The first kappa shape index (κ1) is 22.9. The van der Waals surface area contributed by atoms with E-state index in [0.29, 0.717) is 28.8 Å². The van der Waals surface area contributed by atoms with Crippen molar-refractivity contribution in [3.05, 3.63) is 90.3 Å².